The highest BCUT2D eigenvalue weighted by molar-refractivity contribution is 6.30. The molecule has 162 valence electrons. The normalized spacial score (nSPS) is 10.8. The first-order chi connectivity index (χ1) is 15.4. The summed E-state index contributed by atoms with van der Waals surface area (Å²) in [6, 6.07) is 22.2. The van der Waals surface area contributed by atoms with Gasteiger partial charge in [-0.1, -0.05) is 29.3 Å². The van der Waals surface area contributed by atoms with Crippen LogP contribution in [0.3, 0.4) is 0 Å². The third-order valence-corrected chi connectivity index (χ3v) is 5.49. The van der Waals surface area contributed by atoms with Gasteiger partial charge in [-0.2, -0.15) is 0 Å². The Kier molecular flexibility index (Phi) is 6.33. The third kappa shape index (κ3) is 5.21. The van der Waals surface area contributed by atoms with Crippen LogP contribution in [-0.2, 0) is 6.42 Å². The first-order valence-electron chi connectivity index (χ1n) is 10.4. The van der Waals surface area contributed by atoms with Crippen LogP contribution in [0.15, 0.2) is 77.2 Å². The van der Waals surface area contributed by atoms with Crippen molar-refractivity contribution in [1.29, 1.82) is 0 Å². The number of amides is 1. The van der Waals surface area contributed by atoms with Gasteiger partial charge >= 0.3 is 0 Å². The SMILES string of the molecule is Cc1cc(C)c(Cc2ccc(C(=O)Nc3ccc(Oc4ccc(Cl)cc4)cc3)o2)c(C)c1. The van der Waals surface area contributed by atoms with Gasteiger partial charge in [-0.3, -0.25) is 4.79 Å². The Balaban J connectivity index is 1.39. The maximum atomic E-state index is 12.6. The molecule has 0 saturated carbocycles. The van der Waals surface area contributed by atoms with Crippen LogP contribution in [0.1, 0.15) is 38.6 Å². The van der Waals surface area contributed by atoms with Gasteiger partial charge in [0.15, 0.2) is 5.76 Å². The zero-order valence-corrected chi connectivity index (χ0v) is 19.0. The van der Waals surface area contributed by atoms with Crippen molar-refractivity contribution in [2.24, 2.45) is 0 Å². The highest BCUT2D eigenvalue weighted by Crippen LogP contribution is 2.25. The predicted octanol–water partition coefficient (Wildman–Crippen LogP) is 7.49. The summed E-state index contributed by atoms with van der Waals surface area (Å²) in [6.45, 7) is 6.30. The standard InChI is InChI=1S/C27H24ClNO3/c1-17-14-18(2)25(19(3)15-17)16-24-12-13-26(32-24)27(30)29-21-6-10-23(11-7-21)31-22-8-4-20(28)5-9-22/h4-15H,16H2,1-3H3,(H,29,30). The summed E-state index contributed by atoms with van der Waals surface area (Å²) in [7, 11) is 0. The van der Waals surface area contributed by atoms with Crippen molar-refractivity contribution in [3.05, 3.63) is 112 Å². The van der Waals surface area contributed by atoms with Crippen molar-refractivity contribution in [2.75, 3.05) is 5.32 Å². The molecule has 0 unspecified atom stereocenters. The van der Waals surface area contributed by atoms with E-state index in [1.807, 2.05) is 6.07 Å². The fraction of sp³-hybridized carbons (Fsp3) is 0.148. The van der Waals surface area contributed by atoms with E-state index >= 15 is 0 Å². The molecule has 5 heteroatoms. The van der Waals surface area contributed by atoms with E-state index in [2.05, 4.69) is 38.2 Å². The summed E-state index contributed by atoms with van der Waals surface area (Å²) in [6.07, 6.45) is 0.655. The fourth-order valence-electron chi connectivity index (χ4n) is 3.70. The Hall–Kier alpha value is -3.50. The Bertz CT molecular complexity index is 1220. The second-order valence-electron chi connectivity index (χ2n) is 7.85. The van der Waals surface area contributed by atoms with Crippen molar-refractivity contribution in [2.45, 2.75) is 27.2 Å². The van der Waals surface area contributed by atoms with Crippen molar-refractivity contribution < 1.29 is 13.9 Å². The predicted molar refractivity (Wildman–Crippen MR) is 128 cm³/mol. The molecule has 0 radical (unpaired) electrons. The molecule has 4 nitrogen and oxygen atoms in total. The molecule has 0 saturated heterocycles. The number of ether oxygens (including phenoxy) is 1. The van der Waals surface area contributed by atoms with Crippen LogP contribution in [0.2, 0.25) is 5.02 Å². The van der Waals surface area contributed by atoms with Crippen molar-refractivity contribution in [3.63, 3.8) is 0 Å². The number of carbonyl (C=O) groups is 1. The average Bonchev–Trinajstić information content (AvgIpc) is 3.23. The smallest absolute Gasteiger partial charge is 0.291 e. The van der Waals surface area contributed by atoms with Crippen molar-refractivity contribution in [1.82, 2.24) is 0 Å². The molecular formula is C27H24ClNO3. The number of hydrogen-bond donors (Lipinski definition) is 1. The summed E-state index contributed by atoms with van der Waals surface area (Å²) >= 11 is 5.89. The average molecular weight is 446 g/mol. The lowest BCUT2D eigenvalue weighted by Gasteiger charge is -2.10. The maximum Gasteiger partial charge on any atom is 0.291 e. The van der Waals surface area contributed by atoms with Crippen LogP contribution >= 0.6 is 11.6 Å². The lowest BCUT2D eigenvalue weighted by molar-refractivity contribution is 0.0995. The molecule has 1 N–H and O–H groups in total. The Morgan fingerprint density at radius 3 is 2.09 bits per heavy atom. The molecule has 0 bridgehead atoms. The molecule has 0 aliphatic rings. The number of carbonyl (C=O) groups excluding carboxylic acids is 1. The number of aryl methyl sites for hydroxylation is 3. The molecule has 1 heterocycles. The molecule has 0 aliphatic carbocycles. The van der Waals surface area contributed by atoms with Gasteiger partial charge in [-0.15, -0.1) is 0 Å². The van der Waals surface area contributed by atoms with Gasteiger partial charge in [0.05, 0.1) is 0 Å². The van der Waals surface area contributed by atoms with Crippen LogP contribution in [0, 0.1) is 20.8 Å². The van der Waals surface area contributed by atoms with Gasteiger partial charge in [-0.25, -0.2) is 0 Å². The van der Waals surface area contributed by atoms with Gasteiger partial charge in [0, 0.05) is 17.1 Å². The van der Waals surface area contributed by atoms with Gasteiger partial charge in [-0.05, 0) is 98.1 Å². The monoisotopic (exact) mass is 445 g/mol. The topological polar surface area (TPSA) is 51.5 Å². The van der Waals surface area contributed by atoms with E-state index < -0.39 is 0 Å². The van der Waals surface area contributed by atoms with E-state index in [0.29, 0.717) is 28.6 Å². The zero-order chi connectivity index (χ0) is 22.7. The Morgan fingerprint density at radius 1 is 0.875 bits per heavy atom. The molecular weight excluding hydrogens is 422 g/mol. The number of furan rings is 1. The molecule has 3 aromatic carbocycles. The zero-order valence-electron chi connectivity index (χ0n) is 18.2. The summed E-state index contributed by atoms with van der Waals surface area (Å²) in [5.74, 6) is 2.10. The minimum atomic E-state index is -0.292. The first kappa shape index (κ1) is 21.7. The molecule has 4 rings (SSSR count). The molecule has 0 aliphatic heterocycles. The van der Waals surface area contributed by atoms with E-state index in [9.17, 15) is 4.79 Å². The number of hydrogen-bond acceptors (Lipinski definition) is 3. The van der Waals surface area contributed by atoms with Crippen LogP contribution in [0.4, 0.5) is 5.69 Å². The summed E-state index contributed by atoms with van der Waals surface area (Å²) < 4.78 is 11.6. The van der Waals surface area contributed by atoms with E-state index in [-0.39, 0.29) is 11.7 Å². The molecule has 4 aromatic rings. The van der Waals surface area contributed by atoms with Crippen LogP contribution in [0.25, 0.3) is 0 Å². The number of benzene rings is 3. The lowest BCUT2D eigenvalue weighted by Crippen LogP contribution is -2.10. The largest absolute Gasteiger partial charge is 0.457 e. The summed E-state index contributed by atoms with van der Waals surface area (Å²) in [5, 5.41) is 3.51. The van der Waals surface area contributed by atoms with E-state index in [1.165, 1.54) is 22.3 Å². The van der Waals surface area contributed by atoms with Gasteiger partial charge < -0.3 is 14.5 Å². The first-order valence-corrected chi connectivity index (χ1v) is 10.8. The van der Waals surface area contributed by atoms with Crippen LogP contribution in [-0.4, -0.2) is 5.91 Å². The number of rotatable bonds is 6. The minimum absolute atomic E-state index is 0.281. The summed E-state index contributed by atoms with van der Waals surface area (Å²) in [5.41, 5.74) is 5.58. The summed E-state index contributed by atoms with van der Waals surface area (Å²) in [4.78, 5) is 12.6. The highest BCUT2D eigenvalue weighted by atomic mass is 35.5. The van der Waals surface area contributed by atoms with Gasteiger partial charge in [0.25, 0.3) is 5.91 Å². The number of anilines is 1. The van der Waals surface area contributed by atoms with Crippen molar-refractivity contribution >= 4 is 23.2 Å². The number of nitrogens with one attached hydrogen (secondary N) is 1. The molecule has 0 fully saturated rings. The van der Waals surface area contributed by atoms with E-state index in [1.54, 1.807) is 54.6 Å². The molecule has 0 spiro atoms. The third-order valence-electron chi connectivity index (χ3n) is 5.24. The number of halogens is 1. The van der Waals surface area contributed by atoms with Gasteiger partial charge in [0.1, 0.15) is 17.3 Å². The van der Waals surface area contributed by atoms with Gasteiger partial charge in [0.2, 0.25) is 0 Å². The van der Waals surface area contributed by atoms with Crippen LogP contribution < -0.4 is 10.1 Å². The molecule has 1 aromatic heterocycles. The second-order valence-corrected chi connectivity index (χ2v) is 8.29. The quantitative estimate of drug-likeness (QED) is 0.334. The Labute approximate surface area is 192 Å². The van der Waals surface area contributed by atoms with E-state index in [0.717, 1.165) is 5.76 Å². The molecule has 1 amide bonds. The minimum Gasteiger partial charge on any atom is -0.457 e. The van der Waals surface area contributed by atoms with E-state index in [4.69, 9.17) is 20.8 Å². The maximum absolute atomic E-state index is 12.6. The molecule has 0 atom stereocenters. The Morgan fingerprint density at radius 2 is 1.47 bits per heavy atom. The second kappa shape index (κ2) is 9.33. The fourth-order valence-corrected chi connectivity index (χ4v) is 3.82. The van der Waals surface area contributed by atoms with Crippen LogP contribution in [0.5, 0.6) is 11.5 Å². The van der Waals surface area contributed by atoms with Crippen molar-refractivity contribution in [3.8, 4) is 11.5 Å². The lowest BCUT2D eigenvalue weighted by atomic mass is 9.97. The highest BCUT2D eigenvalue weighted by Gasteiger charge is 2.14. The molecule has 32 heavy (non-hydrogen) atoms.